The monoisotopic (exact) mass is 239 g/mol. The number of nitro groups is 1. The van der Waals surface area contributed by atoms with E-state index in [0.717, 1.165) is 4.68 Å². The molecule has 0 fully saturated rings. The van der Waals surface area contributed by atoms with Crippen molar-refractivity contribution in [3.63, 3.8) is 0 Å². The molecule has 0 saturated carbocycles. The first-order valence-electron chi connectivity index (χ1n) is 4.26. The quantitative estimate of drug-likeness (QED) is 0.632. The molecule has 1 rings (SSSR count). The summed E-state index contributed by atoms with van der Waals surface area (Å²) in [5.74, 6) is 0. The van der Waals surface area contributed by atoms with E-state index in [0.29, 0.717) is 6.20 Å². The minimum absolute atomic E-state index is 0.00653. The summed E-state index contributed by atoms with van der Waals surface area (Å²) >= 11 is 0. The SMILES string of the molecule is O=[N+]([O-])c1cn(CCCO)nc1C(F)(F)F. The van der Waals surface area contributed by atoms with E-state index < -0.39 is 22.5 Å². The van der Waals surface area contributed by atoms with Crippen molar-refractivity contribution in [2.24, 2.45) is 0 Å². The number of hydrogen-bond acceptors (Lipinski definition) is 4. The molecule has 1 heterocycles. The zero-order chi connectivity index (χ0) is 12.3. The van der Waals surface area contributed by atoms with Crippen LogP contribution in [0.5, 0.6) is 0 Å². The van der Waals surface area contributed by atoms with Gasteiger partial charge in [0.05, 0.1) is 4.92 Å². The van der Waals surface area contributed by atoms with E-state index in [1.54, 1.807) is 0 Å². The number of hydrogen-bond donors (Lipinski definition) is 1. The van der Waals surface area contributed by atoms with Gasteiger partial charge in [-0.1, -0.05) is 0 Å². The Kier molecular flexibility index (Phi) is 3.48. The first-order valence-corrected chi connectivity index (χ1v) is 4.26. The van der Waals surface area contributed by atoms with Gasteiger partial charge in [0.1, 0.15) is 6.20 Å². The molecule has 6 nitrogen and oxygen atoms in total. The second-order valence-corrected chi connectivity index (χ2v) is 2.96. The molecule has 1 aromatic heterocycles. The van der Waals surface area contributed by atoms with Crippen LogP contribution in [-0.2, 0) is 12.7 Å². The van der Waals surface area contributed by atoms with Crippen LogP contribution in [0.15, 0.2) is 6.20 Å². The minimum atomic E-state index is -4.85. The fourth-order valence-electron chi connectivity index (χ4n) is 1.09. The van der Waals surface area contributed by atoms with E-state index in [1.165, 1.54) is 0 Å². The van der Waals surface area contributed by atoms with Crippen molar-refractivity contribution < 1.29 is 23.2 Å². The molecule has 0 amide bonds. The third-order valence-corrected chi connectivity index (χ3v) is 1.75. The van der Waals surface area contributed by atoms with Gasteiger partial charge in [0.25, 0.3) is 0 Å². The van der Waals surface area contributed by atoms with Gasteiger partial charge in [-0.3, -0.25) is 14.8 Å². The van der Waals surface area contributed by atoms with E-state index in [1.807, 2.05) is 0 Å². The fourth-order valence-corrected chi connectivity index (χ4v) is 1.09. The maximum Gasteiger partial charge on any atom is 0.442 e. The molecule has 0 atom stereocenters. The van der Waals surface area contributed by atoms with Crippen molar-refractivity contribution in [2.75, 3.05) is 6.61 Å². The molecule has 0 spiro atoms. The molecular formula is C7H8F3N3O3. The summed E-state index contributed by atoms with van der Waals surface area (Å²) in [4.78, 5) is 9.22. The van der Waals surface area contributed by atoms with Crippen LogP contribution in [0.3, 0.4) is 0 Å². The molecular weight excluding hydrogens is 231 g/mol. The van der Waals surface area contributed by atoms with Crippen molar-refractivity contribution >= 4 is 5.69 Å². The molecule has 9 heteroatoms. The Morgan fingerprint density at radius 3 is 2.56 bits per heavy atom. The third kappa shape index (κ3) is 2.69. The first kappa shape index (κ1) is 12.4. The summed E-state index contributed by atoms with van der Waals surface area (Å²) in [5, 5.41) is 21.9. The normalized spacial score (nSPS) is 11.8. The summed E-state index contributed by atoms with van der Waals surface area (Å²) in [6, 6.07) is 0. The molecule has 0 bridgehead atoms. The predicted octanol–water partition coefficient (Wildman–Crippen LogP) is 1.19. The van der Waals surface area contributed by atoms with E-state index in [9.17, 15) is 23.3 Å². The van der Waals surface area contributed by atoms with Gasteiger partial charge in [-0.15, -0.1) is 0 Å². The fraction of sp³-hybridized carbons (Fsp3) is 0.571. The molecule has 0 unspecified atom stereocenters. The molecule has 1 N–H and O–H groups in total. The molecule has 0 radical (unpaired) electrons. The van der Waals surface area contributed by atoms with E-state index in [-0.39, 0.29) is 19.6 Å². The predicted molar refractivity (Wildman–Crippen MR) is 45.6 cm³/mol. The molecule has 90 valence electrons. The second-order valence-electron chi connectivity index (χ2n) is 2.96. The van der Waals surface area contributed by atoms with Crippen LogP contribution in [0.25, 0.3) is 0 Å². The van der Waals surface area contributed by atoms with Crippen molar-refractivity contribution in [1.82, 2.24) is 9.78 Å². The van der Waals surface area contributed by atoms with Crippen LogP contribution < -0.4 is 0 Å². The van der Waals surface area contributed by atoms with Crippen LogP contribution >= 0.6 is 0 Å². The van der Waals surface area contributed by atoms with Gasteiger partial charge >= 0.3 is 11.9 Å². The molecule has 16 heavy (non-hydrogen) atoms. The lowest BCUT2D eigenvalue weighted by Crippen LogP contribution is -2.10. The van der Waals surface area contributed by atoms with Gasteiger partial charge in [0.2, 0.25) is 5.69 Å². The first-order chi connectivity index (χ1) is 7.36. The van der Waals surface area contributed by atoms with E-state index >= 15 is 0 Å². The van der Waals surface area contributed by atoms with Gasteiger partial charge in [-0.2, -0.15) is 18.3 Å². The van der Waals surface area contributed by atoms with Crippen LogP contribution in [0, 0.1) is 10.1 Å². The van der Waals surface area contributed by atoms with Gasteiger partial charge in [-0.05, 0) is 6.42 Å². The van der Waals surface area contributed by atoms with Crippen LogP contribution in [-0.4, -0.2) is 26.4 Å². The van der Waals surface area contributed by atoms with Crippen LogP contribution in [0.4, 0.5) is 18.9 Å². The zero-order valence-corrected chi connectivity index (χ0v) is 7.94. The highest BCUT2D eigenvalue weighted by atomic mass is 19.4. The highest BCUT2D eigenvalue weighted by Crippen LogP contribution is 2.34. The molecule has 0 saturated heterocycles. The summed E-state index contributed by atoms with van der Waals surface area (Å²) in [6.07, 6.45) is -3.97. The number of aromatic nitrogens is 2. The van der Waals surface area contributed by atoms with Crippen molar-refractivity contribution in [1.29, 1.82) is 0 Å². The number of alkyl halides is 3. The molecule has 0 aliphatic carbocycles. The Morgan fingerprint density at radius 1 is 1.56 bits per heavy atom. The molecule has 0 aliphatic rings. The van der Waals surface area contributed by atoms with E-state index in [2.05, 4.69) is 5.10 Å². The minimum Gasteiger partial charge on any atom is -0.396 e. The standard InChI is InChI=1S/C7H8F3N3O3/c8-7(9,10)6-5(13(15)16)4-12(11-6)2-1-3-14/h4,14H,1-3H2. The van der Waals surface area contributed by atoms with Gasteiger partial charge < -0.3 is 5.11 Å². The summed E-state index contributed by atoms with van der Waals surface area (Å²) in [6.45, 7) is -0.234. The van der Waals surface area contributed by atoms with Crippen molar-refractivity contribution in [2.45, 2.75) is 19.1 Å². The molecule has 0 aliphatic heterocycles. The highest BCUT2D eigenvalue weighted by molar-refractivity contribution is 5.34. The Morgan fingerprint density at radius 2 is 2.19 bits per heavy atom. The Bertz CT molecular complexity index is 388. The lowest BCUT2D eigenvalue weighted by molar-refractivity contribution is -0.388. The third-order valence-electron chi connectivity index (χ3n) is 1.75. The number of halogens is 3. The lowest BCUT2D eigenvalue weighted by Gasteiger charge is -2.00. The second kappa shape index (κ2) is 4.47. The highest BCUT2D eigenvalue weighted by Gasteiger charge is 2.42. The van der Waals surface area contributed by atoms with Gasteiger partial charge in [-0.25, -0.2) is 0 Å². The average molecular weight is 239 g/mol. The number of aliphatic hydroxyl groups is 1. The van der Waals surface area contributed by atoms with Gasteiger partial charge in [0, 0.05) is 13.2 Å². The maximum atomic E-state index is 12.3. The lowest BCUT2D eigenvalue weighted by atomic mass is 10.4. The zero-order valence-electron chi connectivity index (χ0n) is 7.94. The van der Waals surface area contributed by atoms with E-state index in [4.69, 9.17) is 5.11 Å². The Labute approximate surface area is 87.4 Å². The Balaban J connectivity index is 3.06. The molecule has 1 aromatic rings. The van der Waals surface area contributed by atoms with Crippen molar-refractivity contribution in [3.05, 3.63) is 22.0 Å². The van der Waals surface area contributed by atoms with Crippen LogP contribution in [0.2, 0.25) is 0 Å². The number of rotatable bonds is 4. The summed E-state index contributed by atoms with van der Waals surface area (Å²) in [5.41, 5.74) is -2.60. The Hall–Kier alpha value is -1.64. The number of nitrogens with zero attached hydrogens (tertiary/aromatic N) is 3. The number of aliphatic hydroxyl groups excluding tert-OH is 1. The number of aryl methyl sites for hydroxylation is 1. The smallest absolute Gasteiger partial charge is 0.396 e. The van der Waals surface area contributed by atoms with Crippen LogP contribution in [0.1, 0.15) is 12.1 Å². The maximum absolute atomic E-state index is 12.3. The summed E-state index contributed by atoms with van der Waals surface area (Å²) < 4.78 is 37.7. The largest absolute Gasteiger partial charge is 0.442 e. The summed E-state index contributed by atoms with van der Waals surface area (Å²) in [7, 11) is 0. The van der Waals surface area contributed by atoms with Crippen molar-refractivity contribution in [3.8, 4) is 0 Å². The molecule has 0 aromatic carbocycles. The topological polar surface area (TPSA) is 81.2 Å². The average Bonchev–Trinajstić information content (AvgIpc) is 2.58. The van der Waals surface area contributed by atoms with Gasteiger partial charge in [0.15, 0.2) is 0 Å².